The number of aryl methyl sites for hydroxylation is 1. The molecule has 0 bridgehead atoms. The van der Waals surface area contributed by atoms with E-state index >= 15 is 0 Å². The van der Waals surface area contributed by atoms with Crippen molar-refractivity contribution in [2.75, 3.05) is 7.11 Å². The van der Waals surface area contributed by atoms with Gasteiger partial charge in [0, 0.05) is 0 Å². The van der Waals surface area contributed by atoms with Crippen molar-refractivity contribution in [3.8, 4) is 5.75 Å². The van der Waals surface area contributed by atoms with E-state index in [9.17, 15) is 4.39 Å². The Balaban J connectivity index is 2.17. The second kappa shape index (κ2) is 7.60. The largest absolute Gasteiger partial charge is 0.494 e. The van der Waals surface area contributed by atoms with Crippen LogP contribution in [0.25, 0.3) is 0 Å². The molecule has 0 spiro atoms. The van der Waals surface area contributed by atoms with Crippen LogP contribution in [0.4, 0.5) is 4.39 Å². The first kappa shape index (κ1) is 16.0. The molecule has 2 aromatic rings. The summed E-state index contributed by atoms with van der Waals surface area (Å²) in [7, 11) is 1.48. The number of rotatable bonds is 6. The number of unbranched alkanes of at least 4 members (excludes halogenated alkanes) is 1. The van der Waals surface area contributed by atoms with Gasteiger partial charge in [0.2, 0.25) is 0 Å². The van der Waals surface area contributed by atoms with Gasteiger partial charge in [0.05, 0.1) is 11.9 Å². The van der Waals surface area contributed by atoms with Gasteiger partial charge in [-0.2, -0.15) is 0 Å². The molecule has 0 fully saturated rings. The molecule has 0 amide bonds. The number of hydrogen-bond acceptors (Lipinski definition) is 1. The van der Waals surface area contributed by atoms with Gasteiger partial charge >= 0.3 is 0 Å². The maximum atomic E-state index is 13.5. The number of ether oxygens (including phenoxy) is 1. The van der Waals surface area contributed by atoms with Gasteiger partial charge in [-0.1, -0.05) is 59.6 Å². The number of alkyl halides is 1. The standard InChI is InChI=1S/C18H20BrFO/c1-3-4-5-13-6-8-14(9-7-13)18(19)15-10-11-16(20)17(12-15)21-2/h6-12,18H,3-5H2,1-2H3. The Morgan fingerprint density at radius 3 is 2.38 bits per heavy atom. The molecule has 0 N–H and O–H groups in total. The SMILES string of the molecule is CCCCc1ccc(C(Br)c2ccc(F)c(OC)c2)cc1. The molecule has 1 atom stereocenters. The monoisotopic (exact) mass is 350 g/mol. The number of benzene rings is 2. The summed E-state index contributed by atoms with van der Waals surface area (Å²) >= 11 is 3.68. The van der Waals surface area contributed by atoms with Gasteiger partial charge < -0.3 is 4.74 Å². The average molecular weight is 351 g/mol. The highest BCUT2D eigenvalue weighted by Gasteiger charge is 2.13. The maximum absolute atomic E-state index is 13.5. The summed E-state index contributed by atoms with van der Waals surface area (Å²) in [4.78, 5) is 0.0345. The Morgan fingerprint density at radius 1 is 1.10 bits per heavy atom. The third-order valence-corrected chi connectivity index (χ3v) is 4.62. The van der Waals surface area contributed by atoms with Gasteiger partial charge in [-0.3, -0.25) is 0 Å². The van der Waals surface area contributed by atoms with Crippen molar-refractivity contribution < 1.29 is 9.13 Å². The summed E-state index contributed by atoms with van der Waals surface area (Å²) in [6.45, 7) is 2.20. The lowest BCUT2D eigenvalue weighted by Crippen LogP contribution is -1.96. The van der Waals surface area contributed by atoms with Crippen LogP contribution in [0.15, 0.2) is 42.5 Å². The fourth-order valence-corrected chi connectivity index (χ4v) is 2.85. The third kappa shape index (κ3) is 4.07. The minimum absolute atomic E-state index is 0.0345. The Bertz CT molecular complexity index is 580. The van der Waals surface area contributed by atoms with Gasteiger partial charge in [0.1, 0.15) is 0 Å². The van der Waals surface area contributed by atoms with Crippen LogP contribution in [-0.2, 0) is 6.42 Å². The molecular weight excluding hydrogens is 331 g/mol. The number of methoxy groups -OCH3 is 1. The van der Waals surface area contributed by atoms with E-state index in [2.05, 4.69) is 47.1 Å². The third-order valence-electron chi connectivity index (χ3n) is 3.56. The van der Waals surface area contributed by atoms with Gasteiger partial charge in [-0.15, -0.1) is 0 Å². The molecule has 2 aromatic carbocycles. The predicted octanol–water partition coefficient (Wildman–Crippen LogP) is 5.66. The maximum Gasteiger partial charge on any atom is 0.165 e. The first-order valence-corrected chi connectivity index (χ1v) is 8.13. The van der Waals surface area contributed by atoms with Gasteiger partial charge in [-0.05, 0) is 41.7 Å². The highest BCUT2D eigenvalue weighted by Crippen LogP contribution is 2.33. The van der Waals surface area contributed by atoms with E-state index in [1.807, 2.05) is 0 Å². The zero-order valence-electron chi connectivity index (χ0n) is 12.4. The molecule has 0 aliphatic heterocycles. The van der Waals surface area contributed by atoms with Crippen molar-refractivity contribution in [2.45, 2.75) is 31.0 Å². The van der Waals surface area contributed by atoms with E-state index in [1.165, 1.54) is 31.6 Å². The molecular formula is C18H20BrFO. The lowest BCUT2D eigenvalue weighted by molar-refractivity contribution is 0.386. The first-order valence-electron chi connectivity index (χ1n) is 7.22. The highest BCUT2D eigenvalue weighted by atomic mass is 79.9. The summed E-state index contributed by atoms with van der Waals surface area (Å²) in [5, 5.41) is 0. The Labute approximate surface area is 134 Å². The molecule has 1 nitrogen and oxygen atoms in total. The highest BCUT2D eigenvalue weighted by molar-refractivity contribution is 9.09. The Morgan fingerprint density at radius 2 is 1.76 bits per heavy atom. The van der Waals surface area contributed by atoms with Crippen molar-refractivity contribution in [2.24, 2.45) is 0 Å². The smallest absolute Gasteiger partial charge is 0.165 e. The molecule has 112 valence electrons. The van der Waals surface area contributed by atoms with Crippen molar-refractivity contribution in [1.82, 2.24) is 0 Å². The van der Waals surface area contributed by atoms with Crippen molar-refractivity contribution in [1.29, 1.82) is 0 Å². The molecule has 0 saturated heterocycles. The van der Waals surface area contributed by atoms with E-state index in [4.69, 9.17) is 4.74 Å². The second-order valence-corrected chi connectivity index (χ2v) is 6.02. The summed E-state index contributed by atoms with van der Waals surface area (Å²) in [6, 6.07) is 13.5. The van der Waals surface area contributed by atoms with Crippen molar-refractivity contribution in [3.63, 3.8) is 0 Å². The summed E-state index contributed by atoms with van der Waals surface area (Å²) in [6.07, 6.45) is 3.54. The summed E-state index contributed by atoms with van der Waals surface area (Å²) in [5.74, 6) is -0.0626. The molecule has 0 heterocycles. The Hall–Kier alpha value is -1.35. The van der Waals surface area contributed by atoms with Crippen LogP contribution in [0, 0.1) is 5.82 Å². The number of halogens is 2. The molecule has 0 aliphatic carbocycles. The molecule has 1 unspecified atom stereocenters. The molecule has 3 heteroatoms. The van der Waals surface area contributed by atoms with Crippen LogP contribution in [-0.4, -0.2) is 7.11 Å². The second-order valence-electron chi connectivity index (χ2n) is 5.10. The molecule has 0 saturated carbocycles. The zero-order valence-corrected chi connectivity index (χ0v) is 14.0. The topological polar surface area (TPSA) is 9.23 Å². The quantitative estimate of drug-likeness (QED) is 0.610. The molecule has 0 aromatic heterocycles. The molecule has 0 radical (unpaired) electrons. The van der Waals surface area contributed by atoms with Crippen LogP contribution in [0.1, 0.15) is 41.3 Å². The van der Waals surface area contributed by atoms with Crippen LogP contribution in [0.5, 0.6) is 5.75 Å². The zero-order chi connectivity index (χ0) is 15.2. The first-order chi connectivity index (χ1) is 10.2. The van der Waals surface area contributed by atoms with Crippen LogP contribution < -0.4 is 4.74 Å². The van der Waals surface area contributed by atoms with Crippen molar-refractivity contribution in [3.05, 3.63) is 65.0 Å². The van der Waals surface area contributed by atoms with E-state index in [-0.39, 0.29) is 16.4 Å². The fraction of sp³-hybridized carbons (Fsp3) is 0.333. The van der Waals surface area contributed by atoms with Crippen molar-refractivity contribution >= 4 is 15.9 Å². The van der Waals surface area contributed by atoms with E-state index in [0.29, 0.717) is 0 Å². The van der Waals surface area contributed by atoms with E-state index in [0.717, 1.165) is 17.5 Å². The molecule has 0 aliphatic rings. The molecule has 2 rings (SSSR count). The summed E-state index contributed by atoms with van der Waals surface area (Å²) < 4.78 is 18.5. The lowest BCUT2D eigenvalue weighted by Gasteiger charge is -2.13. The fourth-order valence-electron chi connectivity index (χ4n) is 2.26. The van der Waals surface area contributed by atoms with E-state index < -0.39 is 0 Å². The van der Waals surface area contributed by atoms with E-state index in [1.54, 1.807) is 12.1 Å². The molecule has 21 heavy (non-hydrogen) atoms. The Kier molecular flexibility index (Phi) is 5.80. The average Bonchev–Trinajstić information content (AvgIpc) is 2.53. The normalized spacial score (nSPS) is 12.2. The van der Waals surface area contributed by atoms with Crippen LogP contribution in [0.2, 0.25) is 0 Å². The lowest BCUT2D eigenvalue weighted by atomic mass is 10.0. The minimum Gasteiger partial charge on any atom is -0.494 e. The van der Waals surface area contributed by atoms with Gasteiger partial charge in [0.25, 0.3) is 0 Å². The minimum atomic E-state index is -0.337. The van der Waals surface area contributed by atoms with Gasteiger partial charge in [0.15, 0.2) is 11.6 Å². The van der Waals surface area contributed by atoms with Crippen LogP contribution in [0.3, 0.4) is 0 Å². The predicted molar refractivity (Wildman–Crippen MR) is 88.8 cm³/mol. The van der Waals surface area contributed by atoms with Crippen LogP contribution >= 0.6 is 15.9 Å². The number of hydrogen-bond donors (Lipinski definition) is 0. The summed E-state index contributed by atoms with van der Waals surface area (Å²) in [5.41, 5.74) is 3.50. The van der Waals surface area contributed by atoms with Gasteiger partial charge in [-0.25, -0.2) is 4.39 Å².